The molecule has 2 saturated heterocycles. The molecule has 2 fully saturated rings. The maximum absolute atomic E-state index is 13.8. The molecule has 4 N–H and O–H groups in total. The second-order valence-corrected chi connectivity index (χ2v) is 18.9. The van der Waals surface area contributed by atoms with Crippen molar-refractivity contribution in [2.45, 2.75) is 117 Å². The predicted molar refractivity (Wildman–Crippen MR) is 203 cm³/mol. The van der Waals surface area contributed by atoms with Crippen molar-refractivity contribution < 1.29 is 65.3 Å². The lowest BCUT2D eigenvalue weighted by Crippen LogP contribution is -2.74. The van der Waals surface area contributed by atoms with E-state index in [-0.39, 0.29) is 39.9 Å². The highest BCUT2D eigenvalue weighted by Gasteiger charge is 2.54. The summed E-state index contributed by atoms with van der Waals surface area (Å²) < 4.78 is 55.4. The molecule has 24 heteroatoms. The number of thiazole rings is 1. The summed E-state index contributed by atoms with van der Waals surface area (Å²) in [6.07, 6.45) is -1.37. The minimum atomic E-state index is -5.19. The zero-order valence-corrected chi connectivity index (χ0v) is 35.4. The lowest BCUT2D eigenvalue weighted by Gasteiger charge is -2.44. The normalized spacial score (nSPS) is 18.1. The summed E-state index contributed by atoms with van der Waals surface area (Å²) in [5, 5.41) is 16.1. The number of hydrogen-bond acceptors (Lipinski definition) is 17. The third-order valence-electron chi connectivity index (χ3n) is 7.71. The van der Waals surface area contributed by atoms with Gasteiger partial charge in [0.15, 0.2) is 10.8 Å². The Labute approximate surface area is 338 Å². The molecule has 0 unspecified atom stereocenters. The van der Waals surface area contributed by atoms with Gasteiger partial charge in [-0.3, -0.25) is 24.3 Å². The Morgan fingerprint density at radius 3 is 2.14 bits per heavy atom. The van der Waals surface area contributed by atoms with E-state index in [1.54, 1.807) is 62.3 Å². The van der Waals surface area contributed by atoms with Crippen LogP contribution in [0.5, 0.6) is 0 Å². The number of nitrogens with one attached hydrogen (secondary N) is 3. The molecular weight excluding hydrogens is 809 g/mol. The van der Waals surface area contributed by atoms with Gasteiger partial charge in [-0.2, -0.15) is 8.42 Å². The van der Waals surface area contributed by atoms with E-state index in [1.807, 2.05) is 0 Å². The zero-order valence-electron chi connectivity index (χ0n) is 33.8. The first kappa shape index (κ1) is 45.3. The molecule has 2 atom stereocenters. The minimum absolute atomic E-state index is 0.0396. The monoisotopic (exact) mass is 856 g/mol. The van der Waals surface area contributed by atoms with Gasteiger partial charge in [0.25, 0.3) is 17.7 Å². The Kier molecular flexibility index (Phi) is 12.9. The summed E-state index contributed by atoms with van der Waals surface area (Å²) in [5.41, 5.74) is -4.69. The maximum atomic E-state index is 13.8. The topological polar surface area (TPSA) is 288 Å². The van der Waals surface area contributed by atoms with Gasteiger partial charge in [-0.15, -0.1) is 11.3 Å². The summed E-state index contributed by atoms with van der Waals surface area (Å²) in [4.78, 5) is 88.5. The number of hydrogen-bond donors (Lipinski definition) is 4. The van der Waals surface area contributed by atoms with Gasteiger partial charge in [-0.25, -0.2) is 23.7 Å². The fourth-order valence-corrected chi connectivity index (χ4v) is 6.58. The highest BCUT2D eigenvalue weighted by atomic mass is 32.2. The molecule has 4 rings (SSSR count). The van der Waals surface area contributed by atoms with Crippen molar-refractivity contribution in [1.29, 1.82) is 0 Å². The SMILES string of the molecule is CC(C)(C)OC(=O)Nc1nc(/C(=N/OC(C)(C)C(=O)OC(C)(C)C)C(=O)N[C@@H]2C(=O)N(S(=O)(=O)O)[C@@H]2CNC(=O)c2cc(C3CN(C(=O)OC(C)(C)C)C3)no2)cs1. The average Bonchev–Trinajstić information content (AvgIpc) is 3.68. The Balaban J connectivity index is 1.51. The number of β-lactam (4-membered cyclic amide) rings is 1. The highest BCUT2D eigenvalue weighted by molar-refractivity contribution is 7.84. The molecule has 2 aromatic heterocycles. The highest BCUT2D eigenvalue weighted by Crippen LogP contribution is 2.29. The summed E-state index contributed by atoms with van der Waals surface area (Å²) in [7, 11) is -5.19. The van der Waals surface area contributed by atoms with E-state index >= 15 is 0 Å². The van der Waals surface area contributed by atoms with Gasteiger partial charge in [-0.1, -0.05) is 10.3 Å². The number of oxime groups is 1. The number of carbonyl (C=O) groups is 6. The van der Waals surface area contributed by atoms with Gasteiger partial charge in [0.2, 0.25) is 11.4 Å². The van der Waals surface area contributed by atoms with E-state index in [0.29, 0.717) is 5.69 Å². The third-order valence-corrected chi connectivity index (χ3v) is 9.41. The van der Waals surface area contributed by atoms with Crippen LogP contribution in [0, 0.1) is 0 Å². The van der Waals surface area contributed by atoms with Crippen molar-refractivity contribution in [3.8, 4) is 0 Å². The van der Waals surface area contributed by atoms with Crippen LogP contribution in [0.2, 0.25) is 0 Å². The molecule has 2 aliphatic heterocycles. The molecule has 0 spiro atoms. The first-order chi connectivity index (χ1) is 26.4. The van der Waals surface area contributed by atoms with E-state index in [9.17, 15) is 41.7 Å². The molecule has 2 aliphatic rings. The maximum Gasteiger partial charge on any atom is 0.413 e. The van der Waals surface area contributed by atoms with Gasteiger partial charge >= 0.3 is 28.5 Å². The number of likely N-dealkylation sites (tertiary alicyclic amines) is 1. The van der Waals surface area contributed by atoms with Crippen molar-refractivity contribution in [1.82, 2.24) is 30.0 Å². The molecule has 4 heterocycles. The van der Waals surface area contributed by atoms with Crippen LogP contribution in [-0.2, 0) is 43.7 Å². The van der Waals surface area contributed by atoms with E-state index in [2.05, 4.69) is 31.2 Å². The molecule has 0 aromatic carbocycles. The van der Waals surface area contributed by atoms with Crippen LogP contribution >= 0.6 is 11.3 Å². The fourth-order valence-electron chi connectivity index (χ4n) is 5.02. The number of nitrogens with zero attached hydrogens (tertiary/aromatic N) is 5. The van der Waals surface area contributed by atoms with Crippen molar-refractivity contribution >= 4 is 68.4 Å². The molecule has 0 bridgehead atoms. The van der Waals surface area contributed by atoms with Gasteiger partial charge < -0.3 is 39.1 Å². The summed E-state index contributed by atoms with van der Waals surface area (Å²) in [6, 6.07) is -1.90. The number of esters is 1. The van der Waals surface area contributed by atoms with Crippen molar-refractivity contribution in [3.63, 3.8) is 0 Å². The smallest absolute Gasteiger partial charge is 0.413 e. The number of aromatic nitrogens is 2. The Bertz CT molecular complexity index is 2070. The van der Waals surface area contributed by atoms with E-state index in [1.165, 1.54) is 30.2 Å². The number of ether oxygens (including phenoxy) is 3. The number of amides is 5. The van der Waals surface area contributed by atoms with Crippen LogP contribution in [0.15, 0.2) is 21.1 Å². The Morgan fingerprint density at radius 2 is 1.57 bits per heavy atom. The quantitative estimate of drug-likeness (QED) is 0.0596. The molecule has 58 heavy (non-hydrogen) atoms. The molecule has 2 aromatic rings. The molecule has 5 amide bonds. The largest absolute Gasteiger partial charge is 0.457 e. The lowest BCUT2D eigenvalue weighted by atomic mass is 9.96. The van der Waals surface area contributed by atoms with Crippen LogP contribution in [0.3, 0.4) is 0 Å². The van der Waals surface area contributed by atoms with Crippen LogP contribution < -0.4 is 16.0 Å². The van der Waals surface area contributed by atoms with Crippen molar-refractivity contribution in [3.05, 3.63) is 28.6 Å². The lowest BCUT2D eigenvalue weighted by molar-refractivity contribution is -0.179. The van der Waals surface area contributed by atoms with Crippen molar-refractivity contribution in [2.75, 3.05) is 25.0 Å². The summed E-state index contributed by atoms with van der Waals surface area (Å²) >= 11 is 0.858. The summed E-state index contributed by atoms with van der Waals surface area (Å²) in [5.74, 6) is -4.70. The fraction of sp³-hybridized carbons (Fsp3) is 0.618. The standard InChI is InChI=1S/C34H48N8O14S2/c1-31(2,3)52-27(46)34(10,11)56-40-22(19-16-57-28(36-19)38-29(47)53-32(4,5)6)25(44)37-23-20(42(26(23)45)58(49,50)51)13-35-24(43)21-12-18(39-55-21)17-14-41(15-17)30(48)54-33(7,8)9/h12,16-17,20,23H,13-15H2,1-11H3,(H,35,43)(H,37,44)(H,36,38,47)(H,49,50,51)/b40-22-/t20-,23+/m1/s1. The molecule has 22 nitrogen and oxygen atoms in total. The molecule has 0 aliphatic carbocycles. The summed E-state index contributed by atoms with van der Waals surface area (Å²) in [6.45, 7) is 17.5. The first-order valence-corrected chi connectivity index (χ1v) is 20.0. The second kappa shape index (κ2) is 16.5. The molecular formula is C34H48N8O14S2. The third kappa shape index (κ3) is 11.8. The van der Waals surface area contributed by atoms with Crippen molar-refractivity contribution in [2.24, 2.45) is 5.16 Å². The Hall–Kier alpha value is -5.36. The number of carbonyl (C=O) groups excluding carboxylic acids is 6. The number of anilines is 1. The van der Waals surface area contributed by atoms with E-state index < -0.39 is 92.9 Å². The van der Waals surface area contributed by atoms with Crippen LogP contribution in [-0.4, -0.2) is 128 Å². The average molecular weight is 857 g/mol. The molecule has 320 valence electrons. The van der Waals surface area contributed by atoms with E-state index in [0.717, 1.165) is 11.3 Å². The second-order valence-electron chi connectivity index (χ2n) is 16.7. The van der Waals surface area contributed by atoms with Gasteiger partial charge in [-0.05, 0) is 76.2 Å². The predicted octanol–water partition coefficient (Wildman–Crippen LogP) is 2.58. The zero-order chi connectivity index (χ0) is 43.8. The van der Waals surface area contributed by atoms with Crippen LogP contribution in [0.4, 0.5) is 14.7 Å². The van der Waals surface area contributed by atoms with Gasteiger partial charge in [0.1, 0.15) is 28.5 Å². The van der Waals surface area contributed by atoms with Crippen LogP contribution in [0.1, 0.15) is 104 Å². The number of rotatable bonds is 12. The molecule has 0 radical (unpaired) electrons. The van der Waals surface area contributed by atoms with Gasteiger partial charge in [0, 0.05) is 37.0 Å². The van der Waals surface area contributed by atoms with Crippen LogP contribution in [0.25, 0.3) is 0 Å². The molecule has 0 saturated carbocycles. The first-order valence-electron chi connectivity index (χ1n) is 17.7. The van der Waals surface area contributed by atoms with Gasteiger partial charge in [0.05, 0.1) is 11.7 Å². The minimum Gasteiger partial charge on any atom is -0.457 e. The Morgan fingerprint density at radius 1 is 0.966 bits per heavy atom. The van der Waals surface area contributed by atoms with E-state index in [4.69, 9.17) is 23.6 Å².